The average molecular weight is 344 g/mol. The second kappa shape index (κ2) is 5.98. The van der Waals surface area contributed by atoms with Crippen LogP contribution in [0.5, 0.6) is 0 Å². The zero-order valence-electron chi connectivity index (χ0n) is 14.9. The van der Waals surface area contributed by atoms with E-state index in [1.807, 2.05) is 4.90 Å². The number of aromatic nitrogens is 2. The Hall–Kier alpha value is -2.15. The molecule has 134 valence electrons. The molecule has 1 atom stereocenters. The van der Waals surface area contributed by atoms with E-state index in [4.69, 9.17) is 8.83 Å². The van der Waals surface area contributed by atoms with Crippen molar-refractivity contribution in [1.82, 2.24) is 20.0 Å². The number of hydrogen-bond donors (Lipinski definition) is 0. The molecule has 25 heavy (non-hydrogen) atoms. The van der Waals surface area contributed by atoms with Crippen molar-refractivity contribution in [1.29, 1.82) is 0 Å². The highest BCUT2D eigenvalue weighted by molar-refractivity contribution is 5.92. The molecule has 1 amide bonds. The lowest BCUT2D eigenvalue weighted by Gasteiger charge is -2.47. The van der Waals surface area contributed by atoms with Gasteiger partial charge in [0.15, 0.2) is 5.76 Å². The van der Waals surface area contributed by atoms with Crippen LogP contribution in [0, 0.1) is 11.3 Å². The minimum Gasteiger partial charge on any atom is -0.459 e. The minimum absolute atomic E-state index is 0.0289. The number of furan rings is 1. The topological polar surface area (TPSA) is 75.6 Å². The summed E-state index contributed by atoms with van der Waals surface area (Å²) in [5, 5.41) is 8.45. The Balaban J connectivity index is 1.40. The first-order valence-electron chi connectivity index (χ1n) is 8.81. The summed E-state index contributed by atoms with van der Waals surface area (Å²) in [4.78, 5) is 16.5. The Labute approximate surface area is 147 Å². The van der Waals surface area contributed by atoms with E-state index in [1.165, 1.54) is 6.26 Å². The van der Waals surface area contributed by atoms with Crippen LogP contribution in [0.15, 0.2) is 27.2 Å². The van der Waals surface area contributed by atoms with Crippen LogP contribution in [0.4, 0.5) is 0 Å². The first-order chi connectivity index (χ1) is 12.0. The molecule has 1 unspecified atom stereocenters. The van der Waals surface area contributed by atoms with Gasteiger partial charge in [-0.15, -0.1) is 10.2 Å². The van der Waals surface area contributed by atoms with Gasteiger partial charge < -0.3 is 13.7 Å². The summed E-state index contributed by atoms with van der Waals surface area (Å²) >= 11 is 0. The van der Waals surface area contributed by atoms with Crippen molar-refractivity contribution in [3.05, 3.63) is 35.9 Å². The van der Waals surface area contributed by atoms with Crippen molar-refractivity contribution < 1.29 is 13.6 Å². The van der Waals surface area contributed by atoms with Gasteiger partial charge in [0.2, 0.25) is 11.8 Å². The second-order valence-corrected chi connectivity index (χ2v) is 7.91. The molecule has 2 fully saturated rings. The molecule has 0 bridgehead atoms. The van der Waals surface area contributed by atoms with E-state index in [0.717, 1.165) is 32.5 Å². The zero-order chi connectivity index (χ0) is 17.6. The Morgan fingerprint density at radius 2 is 2.16 bits per heavy atom. The molecule has 0 radical (unpaired) electrons. The quantitative estimate of drug-likeness (QED) is 0.848. The lowest BCUT2D eigenvalue weighted by atomic mass is 9.77. The summed E-state index contributed by atoms with van der Waals surface area (Å²) in [6, 6.07) is 3.59. The number of rotatable bonds is 4. The van der Waals surface area contributed by atoms with Gasteiger partial charge in [-0.3, -0.25) is 9.69 Å². The number of hydrogen-bond acceptors (Lipinski definition) is 6. The van der Waals surface area contributed by atoms with Crippen molar-refractivity contribution in [3.8, 4) is 0 Å². The van der Waals surface area contributed by atoms with E-state index >= 15 is 0 Å². The van der Waals surface area contributed by atoms with Crippen molar-refractivity contribution in [2.24, 2.45) is 11.3 Å². The predicted molar refractivity (Wildman–Crippen MR) is 89.9 cm³/mol. The minimum atomic E-state index is -0.0289. The molecule has 0 aromatic carbocycles. The third-order valence-corrected chi connectivity index (χ3v) is 5.17. The first-order valence-corrected chi connectivity index (χ1v) is 8.81. The molecule has 4 heterocycles. The van der Waals surface area contributed by atoms with Crippen LogP contribution in [-0.4, -0.2) is 52.6 Å². The Bertz CT molecular complexity index is 746. The molecular weight excluding hydrogens is 320 g/mol. The average Bonchev–Trinajstić information content (AvgIpc) is 3.23. The number of nitrogens with zero attached hydrogens (tertiary/aromatic N) is 4. The van der Waals surface area contributed by atoms with Gasteiger partial charge >= 0.3 is 0 Å². The molecular formula is C18H24N4O3. The van der Waals surface area contributed by atoms with Gasteiger partial charge in [-0.25, -0.2) is 0 Å². The SMILES string of the molecule is CC(C)Cc1nnc(C2CC3(CN(C(=O)c4ccco4)C3)CN2C)o1. The summed E-state index contributed by atoms with van der Waals surface area (Å²) in [6.07, 6.45) is 3.28. The molecule has 2 aromatic rings. The normalized spacial score (nSPS) is 22.7. The number of carbonyl (C=O) groups excluding carboxylic acids is 1. The maximum Gasteiger partial charge on any atom is 0.289 e. The molecule has 7 heteroatoms. The number of amides is 1. The van der Waals surface area contributed by atoms with E-state index < -0.39 is 0 Å². The van der Waals surface area contributed by atoms with Gasteiger partial charge in [0.1, 0.15) is 0 Å². The fraction of sp³-hybridized carbons (Fsp3) is 0.611. The van der Waals surface area contributed by atoms with Crippen LogP contribution in [0.2, 0.25) is 0 Å². The van der Waals surface area contributed by atoms with Crippen LogP contribution in [0.25, 0.3) is 0 Å². The molecule has 0 aliphatic carbocycles. The van der Waals surface area contributed by atoms with Gasteiger partial charge in [0.25, 0.3) is 5.91 Å². The van der Waals surface area contributed by atoms with Crippen LogP contribution < -0.4 is 0 Å². The van der Waals surface area contributed by atoms with E-state index in [2.05, 4.69) is 36.0 Å². The predicted octanol–water partition coefficient (Wildman–Crippen LogP) is 2.38. The fourth-order valence-electron chi connectivity index (χ4n) is 4.07. The highest BCUT2D eigenvalue weighted by Gasteiger charge is 2.53. The fourth-order valence-corrected chi connectivity index (χ4v) is 4.07. The van der Waals surface area contributed by atoms with Gasteiger partial charge in [-0.05, 0) is 31.5 Å². The van der Waals surface area contributed by atoms with Crippen LogP contribution in [-0.2, 0) is 6.42 Å². The van der Waals surface area contributed by atoms with Crippen molar-refractivity contribution in [3.63, 3.8) is 0 Å². The number of likely N-dealkylation sites (tertiary alicyclic amines) is 2. The summed E-state index contributed by atoms with van der Waals surface area (Å²) < 4.78 is 11.1. The van der Waals surface area contributed by atoms with Crippen LogP contribution >= 0.6 is 0 Å². The maximum atomic E-state index is 12.3. The number of carbonyl (C=O) groups is 1. The molecule has 1 spiro atoms. The lowest BCUT2D eigenvalue weighted by molar-refractivity contribution is 0.00906. The highest BCUT2D eigenvalue weighted by atomic mass is 16.4. The lowest BCUT2D eigenvalue weighted by Crippen LogP contribution is -2.59. The van der Waals surface area contributed by atoms with E-state index in [9.17, 15) is 4.79 Å². The summed E-state index contributed by atoms with van der Waals surface area (Å²) in [7, 11) is 2.09. The van der Waals surface area contributed by atoms with Crippen molar-refractivity contribution in [2.75, 3.05) is 26.7 Å². The Kier molecular flexibility index (Phi) is 3.91. The summed E-state index contributed by atoms with van der Waals surface area (Å²) in [5.74, 6) is 2.29. The smallest absolute Gasteiger partial charge is 0.289 e. The van der Waals surface area contributed by atoms with Crippen LogP contribution in [0.3, 0.4) is 0 Å². The molecule has 2 aliphatic heterocycles. The van der Waals surface area contributed by atoms with Gasteiger partial charge in [-0.2, -0.15) is 0 Å². The van der Waals surface area contributed by atoms with Crippen molar-refractivity contribution in [2.45, 2.75) is 32.7 Å². The second-order valence-electron chi connectivity index (χ2n) is 7.91. The molecule has 7 nitrogen and oxygen atoms in total. The molecule has 0 N–H and O–H groups in total. The molecule has 4 rings (SSSR count). The maximum absolute atomic E-state index is 12.3. The first kappa shape index (κ1) is 16.3. The van der Waals surface area contributed by atoms with E-state index in [-0.39, 0.29) is 17.4 Å². The van der Waals surface area contributed by atoms with E-state index in [0.29, 0.717) is 23.5 Å². The van der Waals surface area contributed by atoms with Gasteiger partial charge in [0.05, 0.1) is 12.3 Å². The summed E-state index contributed by atoms with van der Waals surface area (Å²) in [5.41, 5.74) is 0.119. The van der Waals surface area contributed by atoms with Crippen LogP contribution in [0.1, 0.15) is 48.6 Å². The molecule has 2 aliphatic rings. The standard InChI is InChI=1S/C18H24N4O3/c1-12(2)7-15-19-20-16(25-15)13-8-18(9-21(13)3)10-22(11-18)17(23)14-5-4-6-24-14/h4-6,12-13H,7-11H2,1-3H3. The van der Waals surface area contributed by atoms with Gasteiger partial charge in [0, 0.05) is 31.5 Å². The van der Waals surface area contributed by atoms with E-state index in [1.54, 1.807) is 12.1 Å². The van der Waals surface area contributed by atoms with Gasteiger partial charge in [-0.1, -0.05) is 13.8 Å². The monoisotopic (exact) mass is 344 g/mol. The molecule has 0 saturated carbocycles. The highest BCUT2D eigenvalue weighted by Crippen LogP contribution is 2.47. The largest absolute Gasteiger partial charge is 0.459 e. The molecule has 2 saturated heterocycles. The summed E-state index contributed by atoms with van der Waals surface area (Å²) in [6.45, 7) is 6.71. The van der Waals surface area contributed by atoms with Crippen molar-refractivity contribution >= 4 is 5.91 Å². The zero-order valence-corrected chi connectivity index (χ0v) is 14.9. The third kappa shape index (κ3) is 2.97. The Morgan fingerprint density at radius 3 is 2.84 bits per heavy atom. The molecule has 2 aromatic heterocycles. The Morgan fingerprint density at radius 1 is 1.36 bits per heavy atom. The third-order valence-electron chi connectivity index (χ3n) is 5.17.